The lowest BCUT2D eigenvalue weighted by atomic mass is 9.91. The number of para-hydroxylation sites is 1. The monoisotopic (exact) mass is 448 g/mol. The third kappa shape index (κ3) is 4.30. The first-order chi connectivity index (χ1) is 14.0. The van der Waals surface area contributed by atoms with Gasteiger partial charge in [0.15, 0.2) is 10.6 Å². The maximum absolute atomic E-state index is 11.9. The number of carbonyl (C=O) groups is 1. The average molecular weight is 450 g/mol. The van der Waals surface area contributed by atoms with Crippen molar-refractivity contribution in [3.8, 4) is 22.6 Å². The summed E-state index contributed by atoms with van der Waals surface area (Å²) in [6.07, 6.45) is 4.78. The van der Waals surface area contributed by atoms with Crippen molar-refractivity contribution in [3.05, 3.63) is 59.1 Å². The molecule has 1 aromatic heterocycles. The molecule has 1 aliphatic carbocycles. The van der Waals surface area contributed by atoms with Crippen LogP contribution in [0.25, 0.3) is 22.6 Å². The number of hydrogen-bond acceptors (Lipinski definition) is 3. The standard InChI is InChI=1S/C22H19Cl3N2O2/c23-16-10-5-9-14(13-6-1-2-7-13)20(16)18-12-19(29-27-18)15-8-3-4-11-17(15)26-22(28)21(24)25/h3-5,8-13,21H,1-2,6-7H2,(H,26,28). The Bertz CT molecular complexity index is 1030. The van der Waals surface area contributed by atoms with Gasteiger partial charge in [0, 0.05) is 17.2 Å². The fourth-order valence-electron chi connectivity index (χ4n) is 3.90. The first kappa shape index (κ1) is 20.3. The summed E-state index contributed by atoms with van der Waals surface area (Å²) < 4.78 is 5.63. The van der Waals surface area contributed by atoms with Crippen molar-refractivity contribution in [1.29, 1.82) is 0 Å². The summed E-state index contributed by atoms with van der Waals surface area (Å²) >= 11 is 17.9. The molecule has 1 fully saturated rings. The van der Waals surface area contributed by atoms with E-state index in [-0.39, 0.29) is 0 Å². The van der Waals surface area contributed by atoms with Gasteiger partial charge in [-0.2, -0.15) is 0 Å². The Morgan fingerprint density at radius 3 is 2.62 bits per heavy atom. The highest BCUT2D eigenvalue weighted by Gasteiger charge is 2.24. The number of rotatable bonds is 5. The highest BCUT2D eigenvalue weighted by atomic mass is 35.5. The third-order valence-electron chi connectivity index (χ3n) is 5.26. The Labute approximate surface area is 184 Å². The molecular formula is C22H19Cl3N2O2. The first-order valence-electron chi connectivity index (χ1n) is 9.48. The van der Waals surface area contributed by atoms with Gasteiger partial charge in [0.25, 0.3) is 5.91 Å². The molecule has 0 bridgehead atoms. The summed E-state index contributed by atoms with van der Waals surface area (Å²) in [5.41, 5.74) is 4.04. The van der Waals surface area contributed by atoms with Gasteiger partial charge < -0.3 is 9.84 Å². The van der Waals surface area contributed by atoms with Crippen LogP contribution in [-0.4, -0.2) is 15.9 Å². The number of nitrogens with one attached hydrogen (secondary N) is 1. The van der Waals surface area contributed by atoms with Crippen LogP contribution in [0.2, 0.25) is 5.02 Å². The minimum atomic E-state index is -1.16. The molecular weight excluding hydrogens is 431 g/mol. The smallest absolute Gasteiger partial charge is 0.257 e. The van der Waals surface area contributed by atoms with Gasteiger partial charge in [-0.1, -0.05) is 77.1 Å². The molecule has 2 aromatic carbocycles. The van der Waals surface area contributed by atoms with Crippen molar-refractivity contribution < 1.29 is 9.32 Å². The predicted octanol–water partition coefficient (Wildman–Crippen LogP) is 7.06. The van der Waals surface area contributed by atoms with Crippen LogP contribution in [0, 0.1) is 0 Å². The van der Waals surface area contributed by atoms with E-state index in [4.69, 9.17) is 39.3 Å². The molecule has 1 N–H and O–H groups in total. The van der Waals surface area contributed by atoms with Crippen LogP contribution in [0.3, 0.4) is 0 Å². The normalized spacial score (nSPS) is 14.5. The van der Waals surface area contributed by atoms with Gasteiger partial charge in [-0.3, -0.25) is 4.79 Å². The molecule has 0 radical (unpaired) electrons. The summed E-state index contributed by atoms with van der Waals surface area (Å²) in [5.74, 6) is 0.504. The number of hydrogen-bond donors (Lipinski definition) is 1. The second-order valence-electron chi connectivity index (χ2n) is 7.10. The van der Waals surface area contributed by atoms with Crippen molar-refractivity contribution in [3.63, 3.8) is 0 Å². The number of amides is 1. The van der Waals surface area contributed by atoms with Gasteiger partial charge in [-0.25, -0.2) is 0 Å². The lowest BCUT2D eigenvalue weighted by Gasteiger charge is -2.15. The molecule has 0 aliphatic heterocycles. The highest BCUT2D eigenvalue weighted by Crippen LogP contribution is 2.42. The minimum absolute atomic E-state index is 0.486. The first-order valence-corrected chi connectivity index (χ1v) is 10.7. The maximum atomic E-state index is 11.9. The Morgan fingerprint density at radius 1 is 1.10 bits per heavy atom. The van der Waals surface area contributed by atoms with Crippen LogP contribution in [0.4, 0.5) is 5.69 Å². The molecule has 4 rings (SSSR count). The Morgan fingerprint density at radius 2 is 1.86 bits per heavy atom. The molecule has 1 amide bonds. The van der Waals surface area contributed by atoms with E-state index < -0.39 is 10.7 Å². The second kappa shape index (κ2) is 8.78. The Kier molecular flexibility index (Phi) is 6.14. The van der Waals surface area contributed by atoms with E-state index in [0.29, 0.717) is 33.6 Å². The van der Waals surface area contributed by atoms with Crippen molar-refractivity contribution in [1.82, 2.24) is 5.16 Å². The molecule has 1 aliphatic rings. The zero-order valence-corrected chi connectivity index (χ0v) is 17.8. The van der Waals surface area contributed by atoms with Crippen molar-refractivity contribution in [2.75, 3.05) is 5.32 Å². The molecule has 7 heteroatoms. The van der Waals surface area contributed by atoms with Crippen LogP contribution < -0.4 is 5.32 Å². The van der Waals surface area contributed by atoms with Crippen LogP contribution in [0.5, 0.6) is 0 Å². The van der Waals surface area contributed by atoms with E-state index in [1.54, 1.807) is 12.1 Å². The topological polar surface area (TPSA) is 55.1 Å². The van der Waals surface area contributed by atoms with Gasteiger partial charge >= 0.3 is 0 Å². The van der Waals surface area contributed by atoms with E-state index in [9.17, 15) is 4.79 Å². The molecule has 4 nitrogen and oxygen atoms in total. The van der Waals surface area contributed by atoms with Crippen LogP contribution in [-0.2, 0) is 4.79 Å². The number of alkyl halides is 2. The number of nitrogens with zero attached hydrogens (tertiary/aromatic N) is 1. The van der Waals surface area contributed by atoms with Crippen LogP contribution >= 0.6 is 34.8 Å². The van der Waals surface area contributed by atoms with Gasteiger partial charge in [0.2, 0.25) is 0 Å². The molecule has 3 aromatic rings. The Balaban J connectivity index is 1.72. The SMILES string of the molecule is O=C(Nc1ccccc1-c1cc(-c2c(Cl)cccc2C2CCCC2)no1)C(Cl)Cl. The van der Waals surface area contributed by atoms with Crippen molar-refractivity contribution in [2.45, 2.75) is 36.4 Å². The Hall–Kier alpha value is -2.01. The van der Waals surface area contributed by atoms with Gasteiger partial charge in [-0.15, -0.1) is 0 Å². The highest BCUT2D eigenvalue weighted by molar-refractivity contribution is 6.54. The summed E-state index contributed by atoms with van der Waals surface area (Å²) in [7, 11) is 0. The largest absolute Gasteiger partial charge is 0.356 e. The number of aromatic nitrogens is 1. The fourth-order valence-corrected chi connectivity index (χ4v) is 4.29. The fraction of sp³-hybridized carbons (Fsp3) is 0.273. The third-order valence-corrected chi connectivity index (χ3v) is 5.97. The van der Waals surface area contributed by atoms with Gasteiger partial charge in [-0.05, 0) is 42.5 Å². The quantitative estimate of drug-likeness (QED) is 0.424. The van der Waals surface area contributed by atoms with Crippen molar-refractivity contribution in [2.24, 2.45) is 0 Å². The summed E-state index contributed by atoms with van der Waals surface area (Å²) in [6, 6.07) is 15.1. The molecule has 1 heterocycles. The zero-order chi connectivity index (χ0) is 20.4. The summed E-state index contributed by atoms with van der Waals surface area (Å²) in [5, 5.41) is 7.65. The second-order valence-corrected chi connectivity index (χ2v) is 8.60. The zero-order valence-electron chi connectivity index (χ0n) is 15.5. The minimum Gasteiger partial charge on any atom is -0.356 e. The molecule has 1 saturated carbocycles. The van der Waals surface area contributed by atoms with E-state index >= 15 is 0 Å². The lowest BCUT2D eigenvalue weighted by molar-refractivity contribution is -0.114. The number of anilines is 1. The number of halogens is 3. The average Bonchev–Trinajstić information content (AvgIpc) is 3.40. The molecule has 0 atom stereocenters. The van der Waals surface area contributed by atoms with E-state index in [1.165, 1.54) is 18.4 Å². The van der Waals surface area contributed by atoms with Gasteiger partial charge in [0.05, 0.1) is 10.7 Å². The number of carbonyl (C=O) groups excluding carboxylic acids is 1. The number of benzene rings is 2. The summed E-state index contributed by atoms with van der Waals surface area (Å²) in [6.45, 7) is 0. The molecule has 0 spiro atoms. The molecule has 29 heavy (non-hydrogen) atoms. The molecule has 0 saturated heterocycles. The molecule has 0 unspecified atom stereocenters. The summed E-state index contributed by atoms with van der Waals surface area (Å²) in [4.78, 5) is 10.8. The molecule has 150 valence electrons. The predicted molar refractivity (Wildman–Crippen MR) is 118 cm³/mol. The van der Waals surface area contributed by atoms with E-state index in [1.807, 2.05) is 30.3 Å². The lowest BCUT2D eigenvalue weighted by Crippen LogP contribution is -2.18. The maximum Gasteiger partial charge on any atom is 0.257 e. The van der Waals surface area contributed by atoms with Gasteiger partial charge in [0.1, 0.15) is 5.69 Å². The van der Waals surface area contributed by atoms with E-state index in [0.717, 1.165) is 18.4 Å². The van der Waals surface area contributed by atoms with Crippen LogP contribution in [0.15, 0.2) is 53.1 Å². The van der Waals surface area contributed by atoms with Crippen molar-refractivity contribution >= 4 is 46.4 Å². The van der Waals surface area contributed by atoms with Crippen LogP contribution in [0.1, 0.15) is 37.2 Å². The van der Waals surface area contributed by atoms with E-state index in [2.05, 4.69) is 16.5 Å².